The number of aromatic nitrogens is 1. The maximum absolute atomic E-state index is 12.5. The molecule has 0 aliphatic rings. The highest BCUT2D eigenvalue weighted by atomic mass is 35.5. The van der Waals surface area contributed by atoms with E-state index < -0.39 is 0 Å². The number of nitrogens with zero attached hydrogens (tertiary/aromatic N) is 1. The number of pyridine rings is 1. The Bertz CT molecular complexity index is 860. The van der Waals surface area contributed by atoms with Gasteiger partial charge < -0.3 is 5.32 Å². The van der Waals surface area contributed by atoms with E-state index in [1.165, 1.54) is 0 Å². The van der Waals surface area contributed by atoms with Crippen molar-refractivity contribution in [1.29, 1.82) is 0 Å². The summed E-state index contributed by atoms with van der Waals surface area (Å²) in [4.78, 5) is 16.8. The number of rotatable bonds is 2. The number of amides is 1. The third-order valence-corrected chi connectivity index (χ3v) is 4.12. The number of carbonyl (C=O) groups is 1. The summed E-state index contributed by atoms with van der Waals surface area (Å²) < 4.78 is 0. The number of hydrogen-bond donors (Lipinski definition) is 1. The van der Waals surface area contributed by atoms with Gasteiger partial charge >= 0.3 is 0 Å². The van der Waals surface area contributed by atoms with Crippen molar-refractivity contribution in [3.63, 3.8) is 0 Å². The lowest BCUT2D eigenvalue weighted by molar-refractivity contribution is 0.102. The van der Waals surface area contributed by atoms with E-state index in [0.29, 0.717) is 37.2 Å². The van der Waals surface area contributed by atoms with Crippen molar-refractivity contribution in [2.75, 3.05) is 5.32 Å². The van der Waals surface area contributed by atoms with Crippen LogP contribution in [0.3, 0.4) is 0 Å². The highest BCUT2D eigenvalue weighted by Crippen LogP contribution is 2.31. The van der Waals surface area contributed by atoms with Crippen LogP contribution in [-0.2, 0) is 0 Å². The second-order valence-electron chi connectivity index (χ2n) is 4.55. The minimum atomic E-state index is -0.352. The van der Waals surface area contributed by atoms with Gasteiger partial charge in [0.15, 0.2) is 0 Å². The molecule has 22 heavy (non-hydrogen) atoms. The second kappa shape index (κ2) is 6.13. The van der Waals surface area contributed by atoms with E-state index in [4.69, 9.17) is 34.8 Å². The number of halogens is 3. The topological polar surface area (TPSA) is 42.0 Å². The van der Waals surface area contributed by atoms with Crippen molar-refractivity contribution in [2.45, 2.75) is 0 Å². The summed E-state index contributed by atoms with van der Waals surface area (Å²) >= 11 is 18.3. The molecule has 3 aromatic rings. The van der Waals surface area contributed by atoms with Gasteiger partial charge in [-0.15, -0.1) is 0 Å². The molecule has 0 atom stereocenters. The normalized spacial score (nSPS) is 10.7. The van der Waals surface area contributed by atoms with Crippen LogP contribution in [0.1, 0.15) is 10.4 Å². The van der Waals surface area contributed by atoms with E-state index in [-0.39, 0.29) is 5.91 Å². The Morgan fingerprint density at radius 3 is 2.32 bits per heavy atom. The smallest absolute Gasteiger partial charge is 0.257 e. The largest absolute Gasteiger partial charge is 0.319 e. The Hall–Kier alpha value is -1.81. The zero-order valence-electron chi connectivity index (χ0n) is 11.1. The molecule has 0 bridgehead atoms. The molecule has 0 saturated heterocycles. The molecule has 0 radical (unpaired) electrons. The molecule has 0 saturated carbocycles. The molecule has 3 rings (SSSR count). The second-order valence-corrected chi connectivity index (χ2v) is 5.77. The Morgan fingerprint density at radius 1 is 0.909 bits per heavy atom. The number of fused-ring (bicyclic) bond motifs is 1. The molecular formula is C16H9Cl3N2O. The molecule has 1 aromatic heterocycles. The third-order valence-electron chi connectivity index (χ3n) is 3.16. The number of para-hydroxylation sites is 2. The molecule has 6 heteroatoms. The first-order valence-corrected chi connectivity index (χ1v) is 7.50. The Balaban J connectivity index is 2.05. The third kappa shape index (κ3) is 2.75. The molecule has 3 nitrogen and oxygen atoms in total. The number of anilines is 1. The standard InChI is InChI=1S/C16H9Cl3N2O/c17-11-7-8-20-14-9(11)3-1-4-10(14)16(22)21-15-12(18)5-2-6-13(15)19/h1-8H,(H,21,22). The van der Waals surface area contributed by atoms with Crippen LogP contribution in [0.4, 0.5) is 5.69 Å². The minimum Gasteiger partial charge on any atom is -0.319 e. The van der Waals surface area contributed by atoms with Crippen molar-refractivity contribution >= 4 is 57.3 Å². The highest BCUT2D eigenvalue weighted by Gasteiger charge is 2.15. The van der Waals surface area contributed by atoms with Crippen LogP contribution in [0.25, 0.3) is 10.9 Å². The van der Waals surface area contributed by atoms with Gasteiger partial charge in [0, 0.05) is 11.6 Å². The molecule has 0 aliphatic carbocycles. The van der Waals surface area contributed by atoms with Gasteiger partial charge in [-0.25, -0.2) is 0 Å². The fourth-order valence-electron chi connectivity index (χ4n) is 2.12. The van der Waals surface area contributed by atoms with E-state index in [2.05, 4.69) is 10.3 Å². The van der Waals surface area contributed by atoms with E-state index >= 15 is 0 Å². The average Bonchev–Trinajstić information content (AvgIpc) is 2.51. The van der Waals surface area contributed by atoms with Crippen LogP contribution >= 0.6 is 34.8 Å². The molecule has 0 spiro atoms. The van der Waals surface area contributed by atoms with E-state index in [1.807, 2.05) is 6.07 Å². The van der Waals surface area contributed by atoms with Crippen LogP contribution in [0.2, 0.25) is 15.1 Å². The molecule has 2 aromatic carbocycles. The van der Waals surface area contributed by atoms with Crippen molar-refractivity contribution in [1.82, 2.24) is 4.98 Å². The molecule has 0 fully saturated rings. The number of nitrogens with one attached hydrogen (secondary N) is 1. The van der Waals surface area contributed by atoms with Gasteiger partial charge in [-0.2, -0.15) is 0 Å². The molecule has 1 heterocycles. The van der Waals surface area contributed by atoms with Gasteiger partial charge in [-0.3, -0.25) is 9.78 Å². The quantitative estimate of drug-likeness (QED) is 0.667. The van der Waals surface area contributed by atoms with Crippen LogP contribution in [0.5, 0.6) is 0 Å². The van der Waals surface area contributed by atoms with Gasteiger partial charge in [0.05, 0.1) is 31.8 Å². The molecule has 1 amide bonds. The molecular weight excluding hydrogens is 343 g/mol. The zero-order valence-corrected chi connectivity index (χ0v) is 13.4. The van der Waals surface area contributed by atoms with Gasteiger partial charge in [0.2, 0.25) is 0 Å². The average molecular weight is 352 g/mol. The lowest BCUT2D eigenvalue weighted by Crippen LogP contribution is -2.13. The highest BCUT2D eigenvalue weighted by molar-refractivity contribution is 6.40. The zero-order chi connectivity index (χ0) is 15.7. The van der Waals surface area contributed by atoms with Crippen LogP contribution < -0.4 is 5.32 Å². The summed E-state index contributed by atoms with van der Waals surface area (Å²) in [5.74, 6) is -0.352. The van der Waals surface area contributed by atoms with Crippen LogP contribution in [0.15, 0.2) is 48.7 Å². The van der Waals surface area contributed by atoms with Crippen molar-refractivity contribution < 1.29 is 4.79 Å². The van der Waals surface area contributed by atoms with Crippen molar-refractivity contribution in [2.24, 2.45) is 0 Å². The number of carbonyl (C=O) groups excluding carboxylic acids is 1. The van der Waals surface area contributed by atoms with Crippen LogP contribution in [0, 0.1) is 0 Å². The molecule has 0 unspecified atom stereocenters. The predicted octanol–water partition coefficient (Wildman–Crippen LogP) is 5.45. The van der Waals surface area contributed by atoms with Gasteiger partial charge in [-0.1, -0.05) is 53.0 Å². The lowest BCUT2D eigenvalue weighted by Gasteiger charge is -2.10. The minimum absolute atomic E-state index is 0.352. The van der Waals surface area contributed by atoms with E-state index in [1.54, 1.807) is 42.6 Å². The summed E-state index contributed by atoms with van der Waals surface area (Å²) in [6.45, 7) is 0. The van der Waals surface area contributed by atoms with E-state index in [9.17, 15) is 4.79 Å². The molecule has 1 N–H and O–H groups in total. The van der Waals surface area contributed by atoms with E-state index in [0.717, 1.165) is 0 Å². The summed E-state index contributed by atoms with van der Waals surface area (Å²) in [5, 5.41) is 4.70. The first-order valence-electron chi connectivity index (χ1n) is 6.36. The summed E-state index contributed by atoms with van der Waals surface area (Å²) in [7, 11) is 0. The summed E-state index contributed by atoms with van der Waals surface area (Å²) in [5.41, 5.74) is 1.29. The predicted molar refractivity (Wildman–Crippen MR) is 91.2 cm³/mol. The van der Waals surface area contributed by atoms with Crippen LogP contribution in [-0.4, -0.2) is 10.9 Å². The Morgan fingerprint density at radius 2 is 1.59 bits per heavy atom. The maximum atomic E-state index is 12.5. The summed E-state index contributed by atoms with van der Waals surface area (Å²) in [6.07, 6.45) is 1.56. The first kappa shape index (κ1) is 15.1. The summed E-state index contributed by atoms with van der Waals surface area (Å²) in [6, 6.07) is 11.9. The molecule has 110 valence electrons. The van der Waals surface area contributed by atoms with Gasteiger partial charge in [0.1, 0.15) is 0 Å². The number of hydrogen-bond acceptors (Lipinski definition) is 2. The first-order chi connectivity index (χ1) is 10.6. The Kier molecular flexibility index (Phi) is 4.21. The van der Waals surface area contributed by atoms with Gasteiger partial charge in [0.25, 0.3) is 5.91 Å². The van der Waals surface area contributed by atoms with Crippen molar-refractivity contribution in [3.05, 3.63) is 69.3 Å². The molecule has 0 aliphatic heterocycles. The Labute approximate surface area is 141 Å². The SMILES string of the molecule is O=C(Nc1c(Cl)cccc1Cl)c1cccc2c(Cl)ccnc12. The van der Waals surface area contributed by atoms with Gasteiger partial charge in [-0.05, 0) is 24.3 Å². The monoisotopic (exact) mass is 350 g/mol. The maximum Gasteiger partial charge on any atom is 0.257 e. The van der Waals surface area contributed by atoms with Crippen molar-refractivity contribution in [3.8, 4) is 0 Å². The lowest BCUT2D eigenvalue weighted by atomic mass is 10.1. The fraction of sp³-hybridized carbons (Fsp3) is 0. The fourth-order valence-corrected chi connectivity index (χ4v) is 2.82. The number of benzene rings is 2.